The summed E-state index contributed by atoms with van der Waals surface area (Å²) in [4.78, 5) is 20.6. The summed E-state index contributed by atoms with van der Waals surface area (Å²) in [5.41, 5.74) is 7.28. The summed E-state index contributed by atoms with van der Waals surface area (Å²) in [6.07, 6.45) is 0. The van der Waals surface area contributed by atoms with Crippen LogP contribution in [-0.2, 0) is 4.79 Å². The smallest absolute Gasteiger partial charge is 0.233 e. The fourth-order valence-corrected chi connectivity index (χ4v) is 2.84. The molecule has 0 bridgehead atoms. The van der Waals surface area contributed by atoms with Crippen LogP contribution in [0.2, 0.25) is 0 Å². The van der Waals surface area contributed by atoms with Gasteiger partial charge >= 0.3 is 0 Å². The Morgan fingerprint density at radius 1 is 1.26 bits per heavy atom. The Morgan fingerprint density at radius 3 is 2.52 bits per heavy atom. The number of thioether (sulfide) groups is 1. The minimum Gasteiger partial charge on any atom is -0.384 e. The molecule has 122 valence electrons. The molecule has 0 saturated heterocycles. The molecule has 3 N–H and O–H groups in total. The number of nitrogens with one attached hydrogen (secondary N) is 1. The molecule has 1 heterocycles. The van der Waals surface area contributed by atoms with Crippen LogP contribution < -0.4 is 11.1 Å². The molecular formula is C16H19FN4OS. The van der Waals surface area contributed by atoms with E-state index in [4.69, 9.17) is 5.73 Å². The van der Waals surface area contributed by atoms with Crippen LogP contribution in [-0.4, -0.2) is 21.1 Å². The number of carbonyl (C=O) groups is 1. The molecule has 0 fully saturated rings. The van der Waals surface area contributed by atoms with Crippen LogP contribution in [0.4, 0.5) is 10.2 Å². The zero-order valence-electron chi connectivity index (χ0n) is 13.2. The van der Waals surface area contributed by atoms with E-state index in [0.717, 1.165) is 11.3 Å². The highest BCUT2D eigenvalue weighted by Gasteiger charge is 2.19. The first-order valence-electron chi connectivity index (χ1n) is 7.19. The van der Waals surface area contributed by atoms with Crippen molar-refractivity contribution in [1.82, 2.24) is 15.3 Å². The van der Waals surface area contributed by atoms with E-state index in [1.54, 1.807) is 25.1 Å². The first-order chi connectivity index (χ1) is 10.8. The summed E-state index contributed by atoms with van der Waals surface area (Å²) >= 11 is 1.25. The number of aryl methyl sites for hydroxylation is 1. The third kappa shape index (κ3) is 4.92. The fraction of sp³-hybridized carbons (Fsp3) is 0.312. The minimum atomic E-state index is -0.376. The van der Waals surface area contributed by atoms with Crippen molar-refractivity contribution in [2.75, 3.05) is 5.73 Å². The summed E-state index contributed by atoms with van der Waals surface area (Å²) in [5.74, 6) is -0.0619. The van der Waals surface area contributed by atoms with Crippen molar-refractivity contribution >= 4 is 23.5 Å². The molecule has 2 unspecified atom stereocenters. The Labute approximate surface area is 138 Å². The van der Waals surface area contributed by atoms with Crippen LogP contribution in [0, 0.1) is 12.7 Å². The standard InChI is InChI=1S/C16H19FN4OS/c1-9-8-14(18)21-16(19-9)23-11(3)15(22)20-10(2)12-4-6-13(17)7-5-12/h4-8,10-11H,1-3H3,(H,20,22)(H2,18,19,21). The Hall–Kier alpha value is -2.15. The highest BCUT2D eigenvalue weighted by Crippen LogP contribution is 2.22. The van der Waals surface area contributed by atoms with Gasteiger partial charge in [-0.2, -0.15) is 0 Å². The van der Waals surface area contributed by atoms with E-state index < -0.39 is 0 Å². The molecular weight excluding hydrogens is 315 g/mol. The van der Waals surface area contributed by atoms with E-state index in [9.17, 15) is 9.18 Å². The number of nitrogens with zero attached hydrogens (tertiary/aromatic N) is 2. The summed E-state index contributed by atoms with van der Waals surface area (Å²) in [6.45, 7) is 5.45. The van der Waals surface area contributed by atoms with Crippen LogP contribution in [0.3, 0.4) is 0 Å². The molecule has 0 radical (unpaired) electrons. The Morgan fingerprint density at radius 2 is 1.91 bits per heavy atom. The first-order valence-corrected chi connectivity index (χ1v) is 8.07. The van der Waals surface area contributed by atoms with Gasteiger partial charge in [-0.3, -0.25) is 4.79 Å². The van der Waals surface area contributed by atoms with Gasteiger partial charge in [0.25, 0.3) is 0 Å². The summed E-state index contributed by atoms with van der Waals surface area (Å²) in [7, 11) is 0. The minimum absolute atomic E-state index is 0.143. The van der Waals surface area contributed by atoms with Gasteiger partial charge in [-0.05, 0) is 38.5 Å². The second-order valence-electron chi connectivity index (χ2n) is 5.26. The maximum absolute atomic E-state index is 12.9. The van der Waals surface area contributed by atoms with E-state index in [0.29, 0.717) is 11.0 Å². The molecule has 0 spiro atoms. The van der Waals surface area contributed by atoms with E-state index in [1.165, 1.54) is 23.9 Å². The molecule has 23 heavy (non-hydrogen) atoms. The number of halogens is 1. The van der Waals surface area contributed by atoms with Crippen LogP contribution in [0.25, 0.3) is 0 Å². The third-order valence-corrected chi connectivity index (χ3v) is 4.19. The predicted octanol–water partition coefficient (Wildman–Crippen LogP) is 2.86. The molecule has 0 aliphatic carbocycles. The number of anilines is 1. The zero-order chi connectivity index (χ0) is 17.0. The molecule has 1 aromatic carbocycles. The lowest BCUT2D eigenvalue weighted by atomic mass is 10.1. The van der Waals surface area contributed by atoms with Gasteiger partial charge < -0.3 is 11.1 Å². The molecule has 0 saturated carbocycles. The number of nitrogen functional groups attached to an aromatic ring is 1. The lowest BCUT2D eigenvalue weighted by molar-refractivity contribution is -0.120. The molecule has 1 aromatic heterocycles. The predicted molar refractivity (Wildman–Crippen MR) is 89.5 cm³/mol. The summed E-state index contributed by atoms with van der Waals surface area (Å²) < 4.78 is 12.9. The van der Waals surface area contributed by atoms with Gasteiger partial charge in [0.05, 0.1) is 11.3 Å². The van der Waals surface area contributed by atoms with Gasteiger partial charge in [-0.25, -0.2) is 14.4 Å². The molecule has 0 aliphatic heterocycles. The highest BCUT2D eigenvalue weighted by atomic mass is 32.2. The summed E-state index contributed by atoms with van der Waals surface area (Å²) in [6, 6.07) is 7.52. The van der Waals surface area contributed by atoms with Crippen molar-refractivity contribution in [1.29, 1.82) is 0 Å². The van der Waals surface area contributed by atoms with Gasteiger partial charge in [-0.1, -0.05) is 23.9 Å². The monoisotopic (exact) mass is 334 g/mol. The van der Waals surface area contributed by atoms with Gasteiger partial charge in [-0.15, -0.1) is 0 Å². The Bertz CT molecular complexity index is 673. The van der Waals surface area contributed by atoms with Gasteiger partial charge in [0.2, 0.25) is 5.91 Å². The lowest BCUT2D eigenvalue weighted by Crippen LogP contribution is -2.33. The van der Waals surface area contributed by atoms with E-state index >= 15 is 0 Å². The maximum Gasteiger partial charge on any atom is 0.233 e. The first kappa shape index (κ1) is 17.2. The zero-order valence-corrected chi connectivity index (χ0v) is 14.0. The number of amides is 1. The van der Waals surface area contributed by atoms with Gasteiger partial charge in [0.15, 0.2) is 5.16 Å². The topological polar surface area (TPSA) is 80.9 Å². The molecule has 1 amide bonds. The molecule has 2 rings (SSSR count). The molecule has 5 nitrogen and oxygen atoms in total. The van der Waals surface area contributed by atoms with E-state index in [1.807, 2.05) is 13.8 Å². The van der Waals surface area contributed by atoms with Crippen molar-refractivity contribution in [3.05, 3.63) is 47.4 Å². The largest absolute Gasteiger partial charge is 0.384 e. The number of nitrogens with two attached hydrogens (primary N) is 1. The van der Waals surface area contributed by atoms with E-state index in [-0.39, 0.29) is 23.0 Å². The third-order valence-electron chi connectivity index (χ3n) is 3.23. The highest BCUT2D eigenvalue weighted by molar-refractivity contribution is 8.00. The average Bonchev–Trinajstić information content (AvgIpc) is 2.46. The second kappa shape index (κ2) is 7.41. The number of hydrogen-bond donors (Lipinski definition) is 2. The Kier molecular flexibility index (Phi) is 5.54. The van der Waals surface area contributed by atoms with E-state index in [2.05, 4.69) is 15.3 Å². The summed E-state index contributed by atoms with van der Waals surface area (Å²) in [5, 5.41) is 2.99. The quantitative estimate of drug-likeness (QED) is 0.649. The average molecular weight is 334 g/mol. The van der Waals surface area contributed by atoms with Crippen molar-refractivity contribution in [3.8, 4) is 0 Å². The van der Waals surface area contributed by atoms with Crippen molar-refractivity contribution in [2.24, 2.45) is 0 Å². The van der Waals surface area contributed by atoms with Crippen LogP contribution in [0.5, 0.6) is 0 Å². The van der Waals surface area contributed by atoms with Crippen LogP contribution in [0.15, 0.2) is 35.5 Å². The number of hydrogen-bond acceptors (Lipinski definition) is 5. The van der Waals surface area contributed by atoms with Gasteiger partial charge in [0, 0.05) is 11.8 Å². The molecule has 2 aromatic rings. The van der Waals surface area contributed by atoms with Crippen molar-refractivity contribution < 1.29 is 9.18 Å². The van der Waals surface area contributed by atoms with Crippen molar-refractivity contribution in [3.63, 3.8) is 0 Å². The lowest BCUT2D eigenvalue weighted by Gasteiger charge is -2.17. The molecule has 2 atom stereocenters. The number of benzene rings is 1. The number of rotatable bonds is 5. The number of aromatic nitrogens is 2. The SMILES string of the molecule is Cc1cc(N)nc(SC(C)C(=O)NC(C)c2ccc(F)cc2)n1. The molecule has 7 heteroatoms. The van der Waals surface area contributed by atoms with Crippen LogP contribution >= 0.6 is 11.8 Å². The normalized spacial score (nSPS) is 13.4. The number of carbonyl (C=O) groups excluding carboxylic acids is 1. The fourth-order valence-electron chi connectivity index (χ4n) is 1.99. The van der Waals surface area contributed by atoms with Crippen LogP contribution in [0.1, 0.15) is 31.1 Å². The maximum atomic E-state index is 12.9. The molecule has 0 aliphatic rings. The Balaban J connectivity index is 1.97. The van der Waals surface area contributed by atoms with Crippen molar-refractivity contribution in [2.45, 2.75) is 37.2 Å². The van der Waals surface area contributed by atoms with Gasteiger partial charge in [0.1, 0.15) is 11.6 Å². The second-order valence-corrected chi connectivity index (χ2v) is 6.57.